The minimum atomic E-state index is -0.285. The lowest BCUT2D eigenvalue weighted by Crippen LogP contribution is -2.03. The van der Waals surface area contributed by atoms with Crippen LogP contribution in [0.25, 0.3) is 11.6 Å². The van der Waals surface area contributed by atoms with Crippen LogP contribution < -0.4 is 18.9 Å². The standard InChI is InChI=1S/C31H30O6/c1-34-29-16-15-27(30(35-2)31(29)37-21-23-11-7-4-8-12-23)25(19-32)17-24-13-14-26(18-28(24)33)36-20-22-9-5-3-6-10-22/h3-18,32-33H,19-21H2,1-2H3/b25-17+. The normalized spacial score (nSPS) is 11.2. The van der Waals surface area contributed by atoms with Crippen LogP contribution in [0.3, 0.4) is 0 Å². The highest BCUT2D eigenvalue weighted by atomic mass is 16.5. The Bertz CT molecular complexity index is 1330. The monoisotopic (exact) mass is 498 g/mol. The summed E-state index contributed by atoms with van der Waals surface area (Å²) in [4.78, 5) is 0. The molecule has 0 aromatic heterocycles. The lowest BCUT2D eigenvalue weighted by molar-refractivity contribution is 0.265. The second kappa shape index (κ2) is 12.5. The molecule has 0 atom stereocenters. The van der Waals surface area contributed by atoms with Crippen LogP contribution in [0, 0.1) is 0 Å². The molecule has 0 unspecified atom stereocenters. The van der Waals surface area contributed by atoms with Gasteiger partial charge in [0.25, 0.3) is 0 Å². The molecular formula is C31H30O6. The van der Waals surface area contributed by atoms with E-state index < -0.39 is 0 Å². The summed E-state index contributed by atoms with van der Waals surface area (Å²) in [6, 6.07) is 28.2. The van der Waals surface area contributed by atoms with Gasteiger partial charge in [0.15, 0.2) is 11.5 Å². The van der Waals surface area contributed by atoms with Gasteiger partial charge < -0.3 is 29.2 Å². The molecular weight excluding hydrogens is 468 g/mol. The Kier molecular flexibility index (Phi) is 8.68. The van der Waals surface area contributed by atoms with Crippen molar-refractivity contribution in [3.8, 4) is 28.7 Å². The third-order valence-corrected chi connectivity index (χ3v) is 5.82. The van der Waals surface area contributed by atoms with Crippen molar-refractivity contribution in [2.75, 3.05) is 20.8 Å². The molecule has 0 spiro atoms. The zero-order valence-electron chi connectivity index (χ0n) is 20.9. The first-order valence-corrected chi connectivity index (χ1v) is 11.9. The van der Waals surface area contributed by atoms with Crippen LogP contribution in [-0.4, -0.2) is 31.0 Å². The average Bonchev–Trinajstić information content (AvgIpc) is 2.95. The van der Waals surface area contributed by atoms with E-state index >= 15 is 0 Å². The lowest BCUT2D eigenvalue weighted by atomic mass is 10.0. The first kappa shape index (κ1) is 25.7. The molecule has 2 N–H and O–H groups in total. The Balaban J connectivity index is 1.60. The molecule has 37 heavy (non-hydrogen) atoms. The Morgan fingerprint density at radius 1 is 0.730 bits per heavy atom. The molecule has 6 heteroatoms. The predicted molar refractivity (Wildman–Crippen MR) is 144 cm³/mol. The van der Waals surface area contributed by atoms with Crippen molar-refractivity contribution in [1.29, 1.82) is 0 Å². The van der Waals surface area contributed by atoms with Crippen molar-refractivity contribution >= 4 is 11.6 Å². The van der Waals surface area contributed by atoms with Gasteiger partial charge in [-0.1, -0.05) is 60.7 Å². The van der Waals surface area contributed by atoms with Gasteiger partial charge in [0, 0.05) is 17.2 Å². The summed E-state index contributed by atoms with van der Waals surface area (Å²) >= 11 is 0. The maximum Gasteiger partial charge on any atom is 0.204 e. The quantitative estimate of drug-likeness (QED) is 0.243. The van der Waals surface area contributed by atoms with Gasteiger partial charge in [-0.2, -0.15) is 0 Å². The molecule has 0 aliphatic heterocycles. The van der Waals surface area contributed by atoms with E-state index in [9.17, 15) is 10.2 Å². The van der Waals surface area contributed by atoms with Gasteiger partial charge in [-0.3, -0.25) is 0 Å². The van der Waals surface area contributed by atoms with Gasteiger partial charge in [-0.25, -0.2) is 0 Å². The fourth-order valence-corrected chi connectivity index (χ4v) is 3.90. The van der Waals surface area contributed by atoms with Gasteiger partial charge in [-0.05, 0) is 47.0 Å². The van der Waals surface area contributed by atoms with Crippen molar-refractivity contribution in [2.45, 2.75) is 13.2 Å². The van der Waals surface area contributed by atoms with Crippen molar-refractivity contribution in [1.82, 2.24) is 0 Å². The Labute approximate surface area is 217 Å². The molecule has 0 bridgehead atoms. The van der Waals surface area contributed by atoms with E-state index in [1.807, 2.05) is 60.7 Å². The van der Waals surface area contributed by atoms with Crippen LogP contribution >= 0.6 is 0 Å². The minimum Gasteiger partial charge on any atom is -0.507 e. The maximum atomic E-state index is 10.7. The van der Waals surface area contributed by atoms with Crippen LogP contribution in [0.1, 0.15) is 22.3 Å². The minimum absolute atomic E-state index is 0.0320. The Hall–Kier alpha value is -4.42. The smallest absolute Gasteiger partial charge is 0.204 e. The third kappa shape index (κ3) is 6.42. The van der Waals surface area contributed by atoms with Crippen LogP contribution in [0.2, 0.25) is 0 Å². The summed E-state index contributed by atoms with van der Waals surface area (Å²) in [6.07, 6.45) is 1.71. The zero-order valence-corrected chi connectivity index (χ0v) is 20.9. The predicted octanol–water partition coefficient (Wildman–Crippen LogP) is 6.10. The molecule has 0 saturated heterocycles. The number of benzene rings is 4. The van der Waals surface area contributed by atoms with Crippen molar-refractivity contribution in [3.63, 3.8) is 0 Å². The molecule has 4 aromatic rings. The van der Waals surface area contributed by atoms with Crippen LogP contribution in [0.4, 0.5) is 0 Å². The van der Waals surface area contributed by atoms with Gasteiger partial charge in [-0.15, -0.1) is 0 Å². The molecule has 0 aliphatic rings. The van der Waals surface area contributed by atoms with Crippen molar-refractivity contribution in [2.24, 2.45) is 0 Å². The number of ether oxygens (including phenoxy) is 4. The molecule has 0 saturated carbocycles. The maximum absolute atomic E-state index is 10.7. The number of phenols is 1. The fourth-order valence-electron chi connectivity index (χ4n) is 3.90. The van der Waals surface area contributed by atoms with Gasteiger partial charge in [0.2, 0.25) is 5.75 Å². The summed E-state index contributed by atoms with van der Waals surface area (Å²) in [5, 5.41) is 20.9. The van der Waals surface area contributed by atoms with E-state index in [0.717, 1.165) is 11.1 Å². The molecule has 6 nitrogen and oxygen atoms in total. The summed E-state index contributed by atoms with van der Waals surface area (Å²) < 4.78 is 23.1. The molecule has 0 heterocycles. The molecule has 190 valence electrons. The number of hydrogen-bond donors (Lipinski definition) is 2. The topological polar surface area (TPSA) is 77.4 Å². The fraction of sp³-hybridized carbons (Fsp3) is 0.161. The Morgan fingerprint density at radius 2 is 1.38 bits per heavy atom. The van der Waals surface area contributed by atoms with E-state index in [2.05, 4.69) is 0 Å². The third-order valence-electron chi connectivity index (χ3n) is 5.82. The van der Waals surface area contributed by atoms with Gasteiger partial charge in [0.05, 0.1) is 20.8 Å². The van der Waals surface area contributed by atoms with E-state index in [4.69, 9.17) is 18.9 Å². The number of aliphatic hydroxyl groups is 1. The van der Waals surface area contributed by atoms with E-state index in [1.54, 1.807) is 50.6 Å². The van der Waals surface area contributed by atoms with Crippen LogP contribution in [-0.2, 0) is 13.2 Å². The zero-order chi connectivity index (χ0) is 26.0. The lowest BCUT2D eigenvalue weighted by Gasteiger charge is -2.18. The largest absolute Gasteiger partial charge is 0.507 e. The van der Waals surface area contributed by atoms with E-state index in [0.29, 0.717) is 52.9 Å². The Morgan fingerprint density at radius 3 is 1.95 bits per heavy atom. The average molecular weight is 499 g/mol. The number of phenolic OH excluding ortho intramolecular Hbond substituents is 1. The van der Waals surface area contributed by atoms with Gasteiger partial charge in [0.1, 0.15) is 24.7 Å². The van der Waals surface area contributed by atoms with E-state index in [1.165, 1.54) is 0 Å². The number of hydrogen-bond acceptors (Lipinski definition) is 6. The second-order valence-electron chi connectivity index (χ2n) is 8.27. The molecule has 4 aromatic carbocycles. The number of methoxy groups -OCH3 is 2. The highest BCUT2D eigenvalue weighted by Gasteiger charge is 2.19. The summed E-state index contributed by atoms with van der Waals surface area (Å²) in [5.74, 6) is 1.95. The highest BCUT2D eigenvalue weighted by molar-refractivity contribution is 5.87. The van der Waals surface area contributed by atoms with Crippen LogP contribution in [0.15, 0.2) is 91.0 Å². The summed E-state index contributed by atoms with van der Waals surface area (Å²) in [7, 11) is 3.10. The van der Waals surface area contributed by atoms with Crippen molar-refractivity contribution in [3.05, 3.63) is 113 Å². The number of aromatic hydroxyl groups is 1. The molecule has 0 fully saturated rings. The second-order valence-corrected chi connectivity index (χ2v) is 8.27. The SMILES string of the molecule is COc1ccc(/C(=C/c2ccc(OCc3ccccc3)cc2O)CO)c(OC)c1OCc1ccccc1. The molecule has 0 radical (unpaired) electrons. The molecule has 4 rings (SSSR count). The number of aliphatic hydroxyl groups excluding tert-OH is 1. The first-order valence-electron chi connectivity index (χ1n) is 11.9. The summed E-state index contributed by atoms with van der Waals surface area (Å²) in [6.45, 7) is 0.430. The van der Waals surface area contributed by atoms with E-state index in [-0.39, 0.29) is 12.4 Å². The molecule has 0 amide bonds. The summed E-state index contributed by atoms with van der Waals surface area (Å²) in [5.41, 5.74) is 3.72. The highest BCUT2D eigenvalue weighted by Crippen LogP contribution is 2.43. The van der Waals surface area contributed by atoms with Crippen LogP contribution in [0.5, 0.6) is 28.7 Å². The van der Waals surface area contributed by atoms with Crippen molar-refractivity contribution < 1.29 is 29.2 Å². The number of rotatable bonds is 11. The van der Waals surface area contributed by atoms with Gasteiger partial charge >= 0.3 is 0 Å². The molecule has 0 aliphatic carbocycles. The first-order chi connectivity index (χ1) is 18.1.